The highest BCUT2D eigenvalue weighted by atomic mass is 32.2. The number of anilines is 1. The second kappa shape index (κ2) is 5.76. The summed E-state index contributed by atoms with van der Waals surface area (Å²) in [5, 5.41) is 2.15. The number of amides is 2. The molecule has 0 spiro atoms. The minimum Gasteiger partial charge on any atom is -0.301 e. The van der Waals surface area contributed by atoms with Crippen LogP contribution in [-0.4, -0.2) is 17.4 Å². The van der Waals surface area contributed by atoms with Gasteiger partial charge in [-0.15, -0.1) is 0 Å². The second-order valence-corrected chi connectivity index (χ2v) is 7.77. The lowest BCUT2D eigenvalue weighted by Gasteiger charge is -2.39. The summed E-state index contributed by atoms with van der Waals surface area (Å²) >= 11 is 1.08. The van der Waals surface area contributed by atoms with Crippen LogP contribution in [0, 0.1) is 20.8 Å². The first-order chi connectivity index (χ1) is 12.6. The molecular formula is C19H16F3N3OS. The molecule has 1 N–H and O–H groups in total. The molecule has 4 nitrogen and oxygen atoms in total. The fraction of sp³-hybridized carbons (Fsp3) is 0.263. The first-order valence-electron chi connectivity index (χ1n) is 8.27. The molecule has 4 rings (SSSR count). The maximum Gasteiger partial charge on any atom is 0.436 e. The number of nitrogens with one attached hydrogen (secondary N) is 1. The van der Waals surface area contributed by atoms with Crippen LogP contribution in [0.4, 0.5) is 23.7 Å². The maximum atomic E-state index is 14.1. The van der Waals surface area contributed by atoms with Gasteiger partial charge in [0.1, 0.15) is 0 Å². The summed E-state index contributed by atoms with van der Waals surface area (Å²) in [6.45, 7) is 5.51. The number of rotatable bonds is 1. The van der Waals surface area contributed by atoms with Crippen molar-refractivity contribution in [3.05, 3.63) is 58.7 Å². The Hall–Kier alpha value is -2.48. The van der Waals surface area contributed by atoms with Gasteiger partial charge in [-0.3, -0.25) is 0 Å². The molecule has 0 radical (unpaired) electrons. The third kappa shape index (κ3) is 2.62. The Bertz CT molecular complexity index is 985. The summed E-state index contributed by atoms with van der Waals surface area (Å²) in [6, 6.07) is 8.76. The standard InChI is InChI=1S/C19H16F3N3OS/c1-10-4-6-13(7-5-10)18(19(20,21)22)23-16(26)25-15-12(3)8-11(2)9-14(15)27-17(25)24-18/h4-9H,1-3H3,(H,23,26)/t18-/m0/s1. The van der Waals surface area contributed by atoms with Crippen molar-refractivity contribution in [2.45, 2.75) is 37.5 Å². The number of nitrogens with zero attached hydrogens (tertiary/aromatic N) is 2. The first kappa shape index (κ1) is 17.9. The van der Waals surface area contributed by atoms with Crippen molar-refractivity contribution in [2.24, 2.45) is 4.99 Å². The molecule has 0 unspecified atom stereocenters. The van der Waals surface area contributed by atoms with Gasteiger partial charge in [0.25, 0.3) is 5.66 Å². The number of thioether (sulfide) groups is 1. The van der Waals surface area contributed by atoms with Gasteiger partial charge in [0, 0.05) is 10.5 Å². The Morgan fingerprint density at radius 2 is 1.74 bits per heavy atom. The quantitative estimate of drug-likeness (QED) is 0.742. The molecule has 2 aromatic carbocycles. The number of carbonyl (C=O) groups is 1. The molecule has 0 bridgehead atoms. The molecule has 8 heteroatoms. The van der Waals surface area contributed by atoms with E-state index < -0.39 is 17.9 Å². The third-order valence-electron chi connectivity index (χ3n) is 4.66. The van der Waals surface area contributed by atoms with E-state index in [1.54, 1.807) is 19.1 Å². The van der Waals surface area contributed by atoms with Crippen LogP contribution in [-0.2, 0) is 5.66 Å². The Morgan fingerprint density at radius 3 is 2.37 bits per heavy atom. The zero-order valence-corrected chi connectivity index (χ0v) is 15.6. The highest BCUT2D eigenvalue weighted by Crippen LogP contribution is 2.49. The lowest BCUT2D eigenvalue weighted by Crippen LogP contribution is -2.62. The fourth-order valence-corrected chi connectivity index (χ4v) is 4.64. The van der Waals surface area contributed by atoms with Gasteiger partial charge < -0.3 is 5.32 Å². The number of hydrogen-bond acceptors (Lipinski definition) is 3. The number of carbonyl (C=O) groups excluding carboxylic acids is 1. The summed E-state index contributed by atoms with van der Waals surface area (Å²) in [4.78, 5) is 18.8. The number of hydrogen-bond donors (Lipinski definition) is 1. The number of alkyl halides is 3. The van der Waals surface area contributed by atoms with Crippen molar-refractivity contribution in [1.29, 1.82) is 0 Å². The van der Waals surface area contributed by atoms with E-state index in [1.807, 2.05) is 26.0 Å². The van der Waals surface area contributed by atoms with Crippen molar-refractivity contribution in [2.75, 3.05) is 4.90 Å². The molecule has 0 saturated heterocycles. The topological polar surface area (TPSA) is 44.7 Å². The number of halogens is 3. The summed E-state index contributed by atoms with van der Waals surface area (Å²) in [7, 11) is 0. The zero-order chi connectivity index (χ0) is 19.6. The predicted octanol–water partition coefficient (Wildman–Crippen LogP) is 5.02. The molecule has 0 aromatic heterocycles. The van der Waals surface area contributed by atoms with Gasteiger partial charge in [0.05, 0.1) is 5.69 Å². The van der Waals surface area contributed by atoms with E-state index in [2.05, 4.69) is 10.3 Å². The summed E-state index contributed by atoms with van der Waals surface area (Å²) < 4.78 is 42.4. The van der Waals surface area contributed by atoms with Crippen LogP contribution in [0.1, 0.15) is 22.3 Å². The van der Waals surface area contributed by atoms with E-state index in [-0.39, 0.29) is 10.7 Å². The summed E-state index contributed by atoms with van der Waals surface area (Å²) in [5.74, 6) is 0. The number of benzene rings is 2. The van der Waals surface area contributed by atoms with Crippen LogP contribution in [0.5, 0.6) is 0 Å². The lowest BCUT2D eigenvalue weighted by molar-refractivity contribution is -0.195. The molecule has 2 heterocycles. The Kier molecular flexibility index (Phi) is 3.82. The number of urea groups is 1. The average Bonchev–Trinajstić information content (AvgIpc) is 2.92. The number of fused-ring (bicyclic) bond motifs is 3. The van der Waals surface area contributed by atoms with E-state index in [0.717, 1.165) is 33.3 Å². The highest BCUT2D eigenvalue weighted by Gasteiger charge is 2.61. The van der Waals surface area contributed by atoms with Crippen molar-refractivity contribution in [3.8, 4) is 0 Å². The molecule has 2 aliphatic heterocycles. The normalized spacial score (nSPS) is 21.5. The van der Waals surface area contributed by atoms with Gasteiger partial charge in [-0.1, -0.05) is 35.9 Å². The van der Waals surface area contributed by atoms with E-state index in [4.69, 9.17) is 0 Å². The van der Waals surface area contributed by atoms with E-state index in [1.165, 1.54) is 17.0 Å². The summed E-state index contributed by atoms with van der Waals surface area (Å²) in [6.07, 6.45) is -4.79. The van der Waals surface area contributed by atoms with E-state index >= 15 is 0 Å². The van der Waals surface area contributed by atoms with E-state index in [9.17, 15) is 18.0 Å². The van der Waals surface area contributed by atoms with Crippen LogP contribution in [0.15, 0.2) is 46.3 Å². The zero-order valence-electron chi connectivity index (χ0n) is 14.8. The van der Waals surface area contributed by atoms with Gasteiger partial charge in [-0.2, -0.15) is 13.2 Å². The van der Waals surface area contributed by atoms with Crippen LogP contribution < -0.4 is 10.2 Å². The molecule has 2 aliphatic rings. The molecule has 2 amide bonds. The number of aliphatic imine (C=N–C) groups is 1. The SMILES string of the molecule is Cc1ccc([C@@]2(C(F)(F)F)N=C3Sc4cc(C)cc(C)c4N3C(=O)N2)cc1. The van der Waals surface area contributed by atoms with Crippen LogP contribution >= 0.6 is 11.8 Å². The smallest absolute Gasteiger partial charge is 0.301 e. The maximum absolute atomic E-state index is 14.1. The average molecular weight is 391 g/mol. The Labute approximate surface area is 158 Å². The van der Waals surface area contributed by atoms with Crippen LogP contribution in [0.3, 0.4) is 0 Å². The van der Waals surface area contributed by atoms with E-state index in [0.29, 0.717) is 5.69 Å². The molecule has 1 atom stereocenters. The molecule has 0 fully saturated rings. The molecule has 2 aromatic rings. The monoisotopic (exact) mass is 391 g/mol. The van der Waals surface area contributed by atoms with Gasteiger partial charge in [0.2, 0.25) is 0 Å². The summed E-state index contributed by atoms with van der Waals surface area (Å²) in [5.41, 5.74) is 0.267. The van der Waals surface area contributed by atoms with Crippen LogP contribution in [0.25, 0.3) is 0 Å². The molecule has 27 heavy (non-hydrogen) atoms. The Morgan fingerprint density at radius 1 is 1.07 bits per heavy atom. The van der Waals surface area contributed by atoms with Gasteiger partial charge in [-0.25, -0.2) is 14.7 Å². The second-order valence-electron chi connectivity index (χ2n) is 6.76. The van der Waals surface area contributed by atoms with Gasteiger partial charge in [-0.05, 0) is 49.7 Å². The molecule has 0 aliphatic carbocycles. The van der Waals surface area contributed by atoms with Crippen molar-refractivity contribution in [1.82, 2.24) is 5.32 Å². The first-order valence-corrected chi connectivity index (χ1v) is 9.09. The number of aryl methyl sites for hydroxylation is 3. The van der Waals surface area contributed by atoms with Gasteiger partial charge >= 0.3 is 12.2 Å². The predicted molar refractivity (Wildman–Crippen MR) is 99.1 cm³/mol. The highest BCUT2D eigenvalue weighted by molar-refractivity contribution is 8.15. The largest absolute Gasteiger partial charge is 0.436 e. The third-order valence-corrected chi connectivity index (χ3v) is 5.65. The van der Waals surface area contributed by atoms with Crippen molar-refractivity contribution < 1.29 is 18.0 Å². The molecule has 0 saturated carbocycles. The number of amidine groups is 1. The molecule has 140 valence electrons. The molecular weight excluding hydrogens is 375 g/mol. The minimum absolute atomic E-state index is 0.0281. The fourth-order valence-electron chi connectivity index (χ4n) is 3.40. The minimum atomic E-state index is -4.79. The lowest BCUT2D eigenvalue weighted by atomic mass is 9.97. The van der Waals surface area contributed by atoms with Crippen molar-refractivity contribution >= 4 is 28.6 Å². The Balaban J connectivity index is 1.91. The van der Waals surface area contributed by atoms with Gasteiger partial charge in [0.15, 0.2) is 5.17 Å². The van der Waals surface area contributed by atoms with Crippen LogP contribution in [0.2, 0.25) is 0 Å². The van der Waals surface area contributed by atoms with Crippen molar-refractivity contribution in [3.63, 3.8) is 0 Å².